The first kappa shape index (κ1) is 23.9. The number of anilines is 2. The second kappa shape index (κ2) is 9.19. The lowest BCUT2D eigenvalue weighted by Gasteiger charge is -2.32. The van der Waals surface area contributed by atoms with Crippen LogP contribution in [0.3, 0.4) is 0 Å². The Labute approximate surface area is 191 Å². The Morgan fingerprint density at radius 1 is 1.00 bits per heavy atom. The van der Waals surface area contributed by atoms with Crippen LogP contribution in [0.1, 0.15) is 30.5 Å². The third kappa shape index (κ3) is 5.28. The highest BCUT2D eigenvalue weighted by Crippen LogP contribution is 2.40. The van der Waals surface area contributed by atoms with Crippen molar-refractivity contribution in [2.24, 2.45) is 5.92 Å². The Balaban J connectivity index is 1.46. The number of nitrogen functional groups attached to an aromatic ring is 1. The predicted molar refractivity (Wildman–Crippen MR) is 115 cm³/mol. The summed E-state index contributed by atoms with van der Waals surface area (Å²) in [4.78, 5) is 9.69. The van der Waals surface area contributed by atoms with Gasteiger partial charge >= 0.3 is 12.4 Å². The van der Waals surface area contributed by atoms with E-state index in [2.05, 4.69) is 14.9 Å². The Morgan fingerprint density at radius 2 is 1.74 bits per heavy atom. The molecule has 1 aromatic carbocycles. The number of pyridine rings is 2. The number of benzene rings is 1. The number of aromatic nitrogens is 2. The zero-order valence-corrected chi connectivity index (χ0v) is 18.0. The highest BCUT2D eigenvalue weighted by molar-refractivity contribution is 5.88. The molecule has 3 aromatic rings. The first-order valence-electron chi connectivity index (χ1n) is 10.7. The second-order valence-corrected chi connectivity index (χ2v) is 8.22. The van der Waals surface area contributed by atoms with E-state index in [1.807, 2.05) is 0 Å². The minimum absolute atomic E-state index is 0.0772. The monoisotopic (exact) mass is 484 g/mol. The first-order chi connectivity index (χ1) is 16.0. The summed E-state index contributed by atoms with van der Waals surface area (Å²) in [7, 11) is 0. The van der Waals surface area contributed by atoms with Gasteiger partial charge in [-0.25, -0.2) is 9.97 Å². The van der Waals surface area contributed by atoms with Crippen LogP contribution >= 0.6 is 0 Å². The van der Waals surface area contributed by atoms with E-state index in [9.17, 15) is 26.3 Å². The summed E-state index contributed by atoms with van der Waals surface area (Å²) in [5.41, 5.74) is 3.00. The van der Waals surface area contributed by atoms with E-state index in [0.29, 0.717) is 24.2 Å². The van der Waals surface area contributed by atoms with Crippen molar-refractivity contribution in [3.8, 4) is 5.75 Å². The van der Waals surface area contributed by atoms with Gasteiger partial charge < -0.3 is 15.4 Å². The zero-order valence-electron chi connectivity index (χ0n) is 18.0. The fourth-order valence-corrected chi connectivity index (χ4v) is 4.10. The van der Waals surface area contributed by atoms with Crippen LogP contribution in [-0.2, 0) is 12.4 Å². The highest BCUT2D eigenvalue weighted by Gasteiger charge is 2.37. The molecule has 182 valence electrons. The highest BCUT2D eigenvalue weighted by atomic mass is 19.4. The lowest BCUT2D eigenvalue weighted by Crippen LogP contribution is -2.34. The molecule has 1 aliphatic heterocycles. The van der Waals surface area contributed by atoms with Crippen molar-refractivity contribution < 1.29 is 31.1 Å². The van der Waals surface area contributed by atoms with Gasteiger partial charge in [-0.15, -0.1) is 0 Å². The van der Waals surface area contributed by atoms with Gasteiger partial charge in [0.25, 0.3) is 0 Å². The molecule has 11 heteroatoms. The van der Waals surface area contributed by atoms with Crippen molar-refractivity contribution in [3.63, 3.8) is 0 Å². The maximum atomic E-state index is 13.4. The molecular formula is C23H22F6N4O. The lowest BCUT2D eigenvalue weighted by molar-refractivity contribution is -0.142. The number of nitrogens with two attached hydrogens (primary N) is 1. The Kier molecular flexibility index (Phi) is 6.46. The van der Waals surface area contributed by atoms with Crippen molar-refractivity contribution >= 4 is 22.4 Å². The molecule has 0 amide bonds. The van der Waals surface area contributed by atoms with E-state index in [1.165, 1.54) is 6.07 Å². The molecule has 0 unspecified atom stereocenters. The normalized spacial score (nSPS) is 15.6. The van der Waals surface area contributed by atoms with Gasteiger partial charge in [-0.3, -0.25) is 0 Å². The molecule has 2 N–H and O–H groups in total. The van der Waals surface area contributed by atoms with E-state index in [0.717, 1.165) is 37.8 Å². The quantitative estimate of drug-likeness (QED) is 0.455. The number of rotatable bonds is 5. The van der Waals surface area contributed by atoms with Gasteiger partial charge in [0, 0.05) is 42.5 Å². The standard InChI is InChI=1S/C23H22F6N4O/c24-22(25,26)17-3-1-2-16-18(13-19(23(27,28)29)32-21(16)17)34-11-7-14-5-9-33(10-6-14)20-12-15(30)4-8-31-20/h1-4,8,12-14H,5-7,9-11H2,(H2,30,31). The summed E-state index contributed by atoms with van der Waals surface area (Å²) in [5.74, 6) is 0.793. The van der Waals surface area contributed by atoms with Crippen molar-refractivity contribution in [1.29, 1.82) is 0 Å². The van der Waals surface area contributed by atoms with Crippen molar-refractivity contribution in [2.45, 2.75) is 31.6 Å². The minimum Gasteiger partial charge on any atom is -0.493 e. The first-order valence-corrected chi connectivity index (χ1v) is 10.7. The molecule has 0 aliphatic carbocycles. The van der Waals surface area contributed by atoms with Gasteiger partial charge in [-0.05, 0) is 43.4 Å². The molecule has 2 aromatic heterocycles. The number of ether oxygens (including phenoxy) is 1. The van der Waals surface area contributed by atoms with Crippen LogP contribution in [0.2, 0.25) is 0 Å². The third-order valence-electron chi connectivity index (χ3n) is 5.89. The van der Waals surface area contributed by atoms with Gasteiger partial charge in [-0.2, -0.15) is 26.3 Å². The molecule has 0 saturated carbocycles. The number of alkyl halides is 6. The van der Waals surface area contributed by atoms with Crippen LogP contribution in [-0.4, -0.2) is 29.7 Å². The largest absolute Gasteiger partial charge is 0.493 e. The molecule has 5 nitrogen and oxygen atoms in total. The second-order valence-electron chi connectivity index (χ2n) is 8.22. The van der Waals surface area contributed by atoms with Crippen LogP contribution in [0.15, 0.2) is 42.6 Å². The third-order valence-corrected chi connectivity index (χ3v) is 5.89. The molecule has 1 saturated heterocycles. The predicted octanol–water partition coefficient (Wildman–Crippen LogP) is 5.94. The molecule has 0 spiro atoms. The molecule has 0 bridgehead atoms. The Bertz CT molecular complexity index is 1160. The average molecular weight is 484 g/mol. The van der Waals surface area contributed by atoms with Gasteiger partial charge in [0.05, 0.1) is 17.7 Å². The summed E-state index contributed by atoms with van der Waals surface area (Å²) in [6.45, 7) is 1.56. The molecule has 1 fully saturated rings. The topological polar surface area (TPSA) is 64.3 Å². The number of piperidine rings is 1. The zero-order chi connectivity index (χ0) is 24.5. The molecule has 3 heterocycles. The fourth-order valence-electron chi connectivity index (χ4n) is 4.10. The van der Waals surface area contributed by atoms with Gasteiger partial charge in [-0.1, -0.05) is 6.07 Å². The van der Waals surface area contributed by atoms with Crippen molar-refractivity contribution in [1.82, 2.24) is 9.97 Å². The van der Waals surface area contributed by atoms with E-state index >= 15 is 0 Å². The lowest BCUT2D eigenvalue weighted by atomic mass is 9.94. The smallest absolute Gasteiger partial charge is 0.433 e. The number of para-hydroxylation sites is 1. The minimum atomic E-state index is -4.91. The number of fused-ring (bicyclic) bond motifs is 1. The summed E-state index contributed by atoms with van der Waals surface area (Å²) in [6.07, 6.45) is -5.91. The van der Waals surface area contributed by atoms with Crippen molar-refractivity contribution in [2.75, 3.05) is 30.3 Å². The van der Waals surface area contributed by atoms with E-state index in [4.69, 9.17) is 10.5 Å². The van der Waals surface area contributed by atoms with Gasteiger partial charge in [0.2, 0.25) is 0 Å². The summed E-state index contributed by atoms with van der Waals surface area (Å²) >= 11 is 0. The molecule has 4 rings (SSSR count). The Hall–Kier alpha value is -3.24. The number of nitrogens with zero attached hydrogens (tertiary/aromatic N) is 3. The van der Waals surface area contributed by atoms with Gasteiger partial charge in [0.15, 0.2) is 0 Å². The SMILES string of the molecule is Nc1ccnc(N2CCC(CCOc3cc(C(F)(F)F)nc4c(C(F)(F)F)cccc34)CC2)c1. The summed E-state index contributed by atoms with van der Waals surface area (Å²) in [6, 6.07) is 7.29. The number of hydrogen-bond donors (Lipinski definition) is 1. The molecule has 0 atom stereocenters. The summed E-state index contributed by atoms with van der Waals surface area (Å²) in [5, 5.41) is -0.106. The fraction of sp³-hybridized carbons (Fsp3) is 0.391. The average Bonchev–Trinajstić information content (AvgIpc) is 2.77. The van der Waals surface area contributed by atoms with E-state index in [1.54, 1.807) is 18.3 Å². The van der Waals surface area contributed by atoms with Crippen LogP contribution in [0.25, 0.3) is 10.9 Å². The summed E-state index contributed by atoms with van der Waals surface area (Å²) < 4.78 is 85.7. The molecule has 34 heavy (non-hydrogen) atoms. The number of hydrogen-bond acceptors (Lipinski definition) is 5. The molecular weight excluding hydrogens is 462 g/mol. The van der Waals surface area contributed by atoms with Crippen molar-refractivity contribution in [3.05, 3.63) is 53.9 Å². The van der Waals surface area contributed by atoms with Crippen LogP contribution < -0.4 is 15.4 Å². The maximum absolute atomic E-state index is 13.4. The molecule has 1 aliphatic rings. The van der Waals surface area contributed by atoms with Gasteiger partial charge in [0.1, 0.15) is 17.3 Å². The van der Waals surface area contributed by atoms with E-state index < -0.39 is 29.1 Å². The molecule has 0 radical (unpaired) electrons. The number of halogens is 6. The van der Waals surface area contributed by atoms with Crippen LogP contribution in [0.4, 0.5) is 37.8 Å². The van der Waals surface area contributed by atoms with E-state index in [-0.39, 0.29) is 23.7 Å². The van der Waals surface area contributed by atoms with Crippen LogP contribution in [0, 0.1) is 5.92 Å². The maximum Gasteiger partial charge on any atom is 0.433 e. The van der Waals surface area contributed by atoms with Crippen LogP contribution in [0.5, 0.6) is 5.75 Å². The Morgan fingerprint density at radius 3 is 2.38 bits per heavy atom.